The largest absolute Gasteiger partial charge is 0.316 e. The molecule has 1 unspecified atom stereocenters. The highest BCUT2D eigenvalue weighted by molar-refractivity contribution is 6.02. The molecule has 0 fully saturated rings. The molecule has 0 saturated heterocycles. The lowest BCUT2D eigenvalue weighted by Crippen LogP contribution is -2.11. The van der Waals surface area contributed by atoms with E-state index in [0.717, 1.165) is 17.8 Å². The van der Waals surface area contributed by atoms with Crippen molar-refractivity contribution < 1.29 is 0 Å². The summed E-state index contributed by atoms with van der Waals surface area (Å²) in [6.07, 6.45) is 20.9. The van der Waals surface area contributed by atoms with E-state index in [0.29, 0.717) is 5.92 Å². The number of fused-ring (bicyclic) bond motifs is 1. The van der Waals surface area contributed by atoms with E-state index in [9.17, 15) is 0 Å². The zero-order valence-corrected chi connectivity index (χ0v) is 24.0. The quantitative estimate of drug-likeness (QED) is 0.177. The second kappa shape index (κ2) is 13.0. The van der Waals surface area contributed by atoms with Crippen molar-refractivity contribution in [2.24, 2.45) is 5.92 Å². The Kier molecular flexibility index (Phi) is 8.38. The zero-order valence-electron chi connectivity index (χ0n) is 24.0. The van der Waals surface area contributed by atoms with Crippen LogP contribution in [0.1, 0.15) is 28.7 Å². The number of rotatable bonds is 8. The van der Waals surface area contributed by atoms with Gasteiger partial charge in [0.1, 0.15) is 0 Å². The third-order valence-corrected chi connectivity index (χ3v) is 7.69. The van der Waals surface area contributed by atoms with Gasteiger partial charge in [0.15, 0.2) is 0 Å². The normalized spacial score (nSPS) is 14.5. The van der Waals surface area contributed by atoms with Gasteiger partial charge in [-0.25, -0.2) is 0 Å². The third kappa shape index (κ3) is 6.27. The minimum Gasteiger partial charge on any atom is -0.316 e. The van der Waals surface area contributed by atoms with E-state index in [1.54, 1.807) is 0 Å². The lowest BCUT2D eigenvalue weighted by Gasteiger charge is -2.25. The summed E-state index contributed by atoms with van der Waals surface area (Å²) in [5.74, 6) is 0.469. The Bertz CT molecular complexity index is 1740. The summed E-state index contributed by atoms with van der Waals surface area (Å²) in [5.41, 5.74) is 8.24. The van der Waals surface area contributed by atoms with Crippen LogP contribution >= 0.6 is 0 Å². The smallest absolute Gasteiger partial charge is 0.0534 e. The molecule has 1 atom stereocenters. The average Bonchev–Trinajstić information content (AvgIpc) is 3.06. The van der Waals surface area contributed by atoms with E-state index in [-0.39, 0.29) is 0 Å². The maximum atomic E-state index is 2.34. The van der Waals surface area contributed by atoms with Crippen molar-refractivity contribution in [1.82, 2.24) is 0 Å². The molecule has 1 heteroatoms. The molecule has 1 aliphatic rings. The van der Waals surface area contributed by atoms with Crippen LogP contribution in [0.3, 0.4) is 0 Å². The molecule has 0 saturated carbocycles. The average molecular weight is 542 g/mol. The molecule has 1 nitrogen and oxygen atoms in total. The second-order valence-corrected chi connectivity index (χ2v) is 10.7. The van der Waals surface area contributed by atoms with E-state index in [4.69, 9.17) is 0 Å². The van der Waals surface area contributed by atoms with Gasteiger partial charge in [-0.05, 0) is 59.5 Å². The Morgan fingerprint density at radius 2 is 1.33 bits per heavy atom. The molecule has 5 aromatic rings. The van der Waals surface area contributed by atoms with Crippen LogP contribution in [-0.4, -0.2) is 0 Å². The maximum absolute atomic E-state index is 2.34. The molecule has 5 aromatic carbocycles. The van der Waals surface area contributed by atoms with Gasteiger partial charge in [0.05, 0.1) is 5.69 Å². The number of hydrogen-bond acceptors (Lipinski definition) is 1. The fraction of sp³-hybridized carbons (Fsp3) is 0.0732. The monoisotopic (exact) mass is 541 g/mol. The van der Waals surface area contributed by atoms with Crippen LogP contribution in [0.4, 0.5) is 11.4 Å². The van der Waals surface area contributed by atoms with E-state index in [1.165, 1.54) is 38.6 Å². The van der Waals surface area contributed by atoms with E-state index in [1.807, 2.05) is 0 Å². The Hall–Kier alpha value is -5.14. The Labute approximate surface area is 249 Å². The van der Waals surface area contributed by atoms with Gasteiger partial charge in [-0.2, -0.15) is 0 Å². The van der Waals surface area contributed by atoms with Crippen LogP contribution in [0.15, 0.2) is 170 Å². The van der Waals surface area contributed by atoms with Gasteiger partial charge in [-0.3, -0.25) is 0 Å². The molecule has 0 aromatic heterocycles. The van der Waals surface area contributed by atoms with E-state index < -0.39 is 0 Å². The lowest BCUT2D eigenvalue weighted by atomic mass is 9.97. The Morgan fingerprint density at radius 1 is 0.667 bits per heavy atom. The molecule has 1 aliphatic carbocycles. The summed E-state index contributed by atoms with van der Waals surface area (Å²) in [6, 6.07) is 43.3. The molecular weight excluding hydrogens is 506 g/mol. The number of nitrogens with zero attached hydrogens (tertiary/aromatic N) is 1. The van der Waals surface area contributed by atoms with Gasteiger partial charge in [-0.15, -0.1) is 0 Å². The van der Waals surface area contributed by atoms with Crippen molar-refractivity contribution in [3.63, 3.8) is 0 Å². The van der Waals surface area contributed by atoms with Crippen molar-refractivity contribution in [3.8, 4) is 0 Å². The van der Waals surface area contributed by atoms with Crippen LogP contribution in [0.2, 0.25) is 0 Å². The van der Waals surface area contributed by atoms with Crippen molar-refractivity contribution in [1.29, 1.82) is 0 Å². The standard InChI is InChI=1S/C41H35N/c1-32-25-28-37(29-26-32)42(31-40(34-18-7-3-8-19-34)35-20-9-4-10-21-35)41-30-27-36(38-23-13-14-24-39(38)41)22-12-11-17-33-15-5-2-6-16-33/h2-15,17-31,33H,16H2,1H3/b17-11+,22-12+. The third-order valence-electron chi connectivity index (χ3n) is 7.69. The number of anilines is 2. The number of aryl methyl sites for hydroxylation is 1. The van der Waals surface area contributed by atoms with Crippen LogP contribution < -0.4 is 4.90 Å². The number of hydrogen-bond donors (Lipinski definition) is 0. The number of benzene rings is 5. The van der Waals surface area contributed by atoms with Gasteiger partial charge in [0, 0.05) is 22.8 Å². The highest BCUT2D eigenvalue weighted by Crippen LogP contribution is 2.37. The molecule has 6 rings (SSSR count). The molecule has 0 radical (unpaired) electrons. The van der Waals surface area contributed by atoms with Gasteiger partial charge >= 0.3 is 0 Å². The summed E-state index contributed by atoms with van der Waals surface area (Å²) in [7, 11) is 0. The first kappa shape index (κ1) is 27.1. The first-order valence-electron chi connectivity index (χ1n) is 14.6. The van der Waals surface area contributed by atoms with Crippen molar-refractivity contribution in [3.05, 3.63) is 192 Å². The minimum atomic E-state index is 0.469. The second-order valence-electron chi connectivity index (χ2n) is 10.7. The summed E-state index contributed by atoms with van der Waals surface area (Å²) < 4.78 is 0. The topological polar surface area (TPSA) is 3.24 Å². The molecular formula is C41H35N. The predicted octanol–water partition coefficient (Wildman–Crippen LogP) is 11.1. The van der Waals surface area contributed by atoms with Crippen LogP contribution in [-0.2, 0) is 0 Å². The molecule has 204 valence electrons. The lowest BCUT2D eigenvalue weighted by molar-refractivity contribution is 0.822. The fourth-order valence-corrected chi connectivity index (χ4v) is 5.44. The number of allylic oxidation sites excluding steroid dienone is 7. The van der Waals surface area contributed by atoms with Crippen LogP contribution in [0.25, 0.3) is 22.4 Å². The fourth-order valence-electron chi connectivity index (χ4n) is 5.44. The Balaban J connectivity index is 1.47. The zero-order chi connectivity index (χ0) is 28.6. The van der Waals surface area contributed by atoms with Gasteiger partial charge in [0.2, 0.25) is 0 Å². The molecule has 0 spiro atoms. The van der Waals surface area contributed by atoms with Gasteiger partial charge < -0.3 is 4.90 Å². The van der Waals surface area contributed by atoms with E-state index in [2.05, 4.69) is 188 Å². The molecule has 0 heterocycles. The summed E-state index contributed by atoms with van der Waals surface area (Å²) in [6.45, 7) is 2.13. The van der Waals surface area contributed by atoms with Crippen molar-refractivity contribution in [2.75, 3.05) is 4.90 Å². The molecule has 0 N–H and O–H groups in total. The summed E-state index contributed by atoms with van der Waals surface area (Å²) in [4.78, 5) is 2.34. The minimum absolute atomic E-state index is 0.469. The summed E-state index contributed by atoms with van der Waals surface area (Å²) in [5, 5.41) is 2.44. The first-order valence-corrected chi connectivity index (χ1v) is 14.6. The maximum Gasteiger partial charge on any atom is 0.0534 e. The predicted molar refractivity (Wildman–Crippen MR) is 182 cm³/mol. The van der Waals surface area contributed by atoms with Crippen LogP contribution in [0.5, 0.6) is 0 Å². The summed E-state index contributed by atoms with van der Waals surface area (Å²) >= 11 is 0. The van der Waals surface area contributed by atoms with Gasteiger partial charge in [0.25, 0.3) is 0 Å². The van der Waals surface area contributed by atoms with Crippen molar-refractivity contribution >= 4 is 33.8 Å². The highest BCUT2D eigenvalue weighted by atomic mass is 15.1. The molecule has 42 heavy (non-hydrogen) atoms. The van der Waals surface area contributed by atoms with Crippen LogP contribution in [0, 0.1) is 12.8 Å². The van der Waals surface area contributed by atoms with E-state index >= 15 is 0 Å². The Morgan fingerprint density at radius 3 is 2.00 bits per heavy atom. The molecule has 0 aliphatic heterocycles. The SMILES string of the molecule is Cc1ccc(N(C=C(c2ccccc2)c2ccccc2)c2ccc(/C=C/C=C/C3C=CC=CC3)c3ccccc23)cc1. The first-order chi connectivity index (χ1) is 20.8. The molecule has 0 amide bonds. The highest BCUT2D eigenvalue weighted by Gasteiger charge is 2.15. The molecule has 0 bridgehead atoms. The van der Waals surface area contributed by atoms with Gasteiger partial charge in [-0.1, -0.05) is 157 Å². The van der Waals surface area contributed by atoms with Crippen molar-refractivity contribution in [2.45, 2.75) is 13.3 Å².